The zero-order valence-corrected chi connectivity index (χ0v) is 16.6. The number of anilines is 3. The zero-order chi connectivity index (χ0) is 21.3. The van der Waals surface area contributed by atoms with Crippen LogP contribution in [-0.4, -0.2) is 16.0 Å². The Kier molecular flexibility index (Phi) is 5.81. The van der Waals surface area contributed by atoms with Gasteiger partial charge in [-0.3, -0.25) is 0 Å². The third-order valence-corrected chi connectivity index (χ3v) is 4.39. The van der Waals surface area contributed by atoms with E-state index in [0.29, 0.717) is 22.5 Å². The molecule has 29 heavy (non-hydrogen) atoms. The highest BCUT2D eigenvalue weighted by Gasteiger charge is 2.22. The second-order valence-electron chi connectivity index (χ2n) is 7.24. The Hall–Kier alpha value is -3.03. The van der Waals surface area contributed by atoms with Crippen molar-refractivity contribution in [3.05, 3.63) is 53.1 Å². The quantitative estimate of drug-likeness (QED) is 0.482. The van der Waals surface area contributed by atoms with Gasteiger partial charge in [0.2, 0.25) is 0 Å². The normalized spacial score (nSPS) is 12.6. The van der Waals surface area contributed by atoms with Crippen molar-refractivity contribution in [2.24, 2.45) is 0 Å². The van der Waals surface area contributed by atoms with Gasteiger partial charge in [-0.15, -0.1) is 0 Å². The molecule has 0 fully saturated rings. The third kappa shape index (κ3) is 4.52. The predicted octanol–water partition coefficient (Wildman–Crippen LogP) is 5.39. The Morgan fingerprint density at radius 3 is 2.38 bits per heavy atom. The molecule has 1 aromatic heterocycles. The van der Waals surface area contributed by atoms with Crippen molar-refractivity contribution in [3.63, 3.8) is 0 Å². The monoisotopic (exact) mass is 402 g/mol. The zero-order valence-electron chi connectivity index (χ0n) is 16.6. The van der Waals surface area contributed by atoms with Crippen molar-refractivity contribution >= 4 is 28.1 Å². The van der Waals surface area contributed by atoms with Gasteiger partial charge in [0.15, 0.2) is 0 Å². The Morgan fingerprint density at radius 2 is 1.72 bits per heavy atom. The topological polar surface area (TPSA) is 75.9 Å². The summed E-state index contributed by atoms with van der Waals surface area (Å²) in [4.78, 5) is 8.83. The first-order valence-electron chi connectivity index (χ1n) is 9.25. The molecule has 8 heteroatoms. The van der Waals surface area contributed by atoms with Crippen molar-refractivity contribution in [1.82, 2.24) is 9.97 Å². The minimum absolute atomic E-state index is 0.0488. The van der Waals surface area contributed by atoms with E-state index in [4.69, 9.17) is 5.73 Å². The molecule has 3 rings (SSSR count). The van der Waals surface area contributed by atoms with E-state index in [2.05, 4.69) is 26.7 Å². The highest BCUT2D eigenvalue weighted by molar-refractivity contribution is 5.91. The first kappa shape index (κ1) is 20.7. The fourth-order valence-corrected chi connectivity index (χ4v) is 3.14. The number of fused-ring (bicyclic) bond motifs is 1. The van der Waals surface area contributed by atoms with Gasteiger partial charge in [-0.05, 0) is 52.0 Å². The van der Waals surface area contributed by atoms with Crippen LogP contribution in [0.1, 0.15) is 50.2 Å². The SMILES string of the molecule is Cc1nc(N[C@H](C)c2cc(N)cc(C(F)F)c2F)c2cc(NC(C)C)[c]cc2n1. The molecule has 3 aromatic rings. The van der Waals surface area contributed by atoms with Crippen LogP contribution in [0.3, 0.4) is 0 Å². The number of benzene rings is 2. The summed E-state index contributed by atoms with van der Waals surface area (Å²) in [7, 11) is 0. The molecule has 5 nitrogen and oxygen atoms in total. The summed E-state index contributed by atoms with van der Waals surface area (Å²) >= 11 is 0. The summed E-state index contributed by atoms with van der Waals surface area (Å²) in [6.45, 7) is 7.42. The average Bonchev–Trinajstić information content (AvgIpc) is 2.63. The smallest absolute Gasteiger partial charge is 0.266 e. The lowest BCUT2D eigenvalue weighted by Gasteiger charge is -2.20. The van der Waals surface area contributed by atoms with Gasteiger partial charge >= 0.3 is 0 Å². The number of rotatable bonds is 6. The number of hydrogen-bond acceptors (Lipinski definition) is 5. The molecule has 0 bridgehead atoms. The summed E-state index contributed by atoms with van der Waals surface area (Å²) in [5.41, 5.74) is 6.56. The van der Waals surface area contributed by atoms with E-state index < -0.39 is 23.8 Å². The molecule has 2 aromatic carbocycles. The maximum atomic E-state index is 14.6. The molecule has 1 heterocycles. The summed E-state index contributed by atoms with van der Waals surface area (Å²) < 4.78 is 40.9. The molecule has 0 saturated heterocycles. The van der Waals surface area contributed by atoms with Crippen LogP contribution < -0.4 is 16.4 Å². The molecule has 0 spiro atoms. The Balaban J connectivity index is 2.03. The van der Waals surface area contributed by atoms with Crippen LogP contribution in [-0.2, 0) is 0 Å². The average molecular weight is 402 g/mol. The Labute approximate surface area is 167 Å². The molecule has 0 unspecified atom stereocenters. The van der Waals surface area contributed by atoms with Gasteiger partial charge in [-0.25, -0.2) is 23.1 Å². The van der Waals surface area contributed by atoms with Gasteiger partial charge in [0.25, 0.3) is 6.43 Å². The van der Waals surface area contributed by atoms with Crippen LogP contribution in [0.25, 0.3) is 10.9 Å². The summed E-state index contributed by atoms with van der Waals surface area (Å²) in [5, 5.41) is 7.10. The number of hydrogen-bond donors (Lipinski definition) is 3. The van der Waals surface area contributed by atoms with E-state index in [1.54, 1.807) is 19.9 Å². The fourth-order valence-electron chi connectivity index (χ4n) is 3.14. The predicted molar refractivity (Wildman–Crippen MR) is 110 cm³/mol. The van der Waals surface area contributed by atoms with Crippen LogP contribution in [0.2, 0.25) is 0 Å². The van der Waals surface area contributed by atoms with Crippen LogP contribution in [0.4, 0.5) is 30.4 Å². The number of aryl methyl sites for hydroxylation is 1. The molecule has 4 N–H and O–H groups in total. The summed E-state index contributed by atoms with van der Waals surface area (Å²) in [6, 6.07) is 8.60. The number of nitrogens with zero attached hydrogens (tertiary/aromatic N) is 2. The van der Waals surface area contributed by atoms with Crippen LogP contribution in [0.5, 0.6) is 0 Å². The van der Waals surface area contributed by atoms with Gasteiger partial charge < -0.3 is 16.4 Å². The maximum absolute atomic E-state index is 14.6. The lowest BCUT2D eigenvalue weighted by Crippen LogP contribution is -2.13. The molecule has 0 amide bonds. The van der Waals surface area contributed by atoms with Gasteiger partial charge in [0.05, 0.1) is 17.1 Å². The second-order valence-corrected chi connectivity index (χ2v) is 7.24. The number of alkyl halides is 2. The number of nitrogen functional groups attached to an aromatic ring is 1. The molecule has 0 saturated carbocycles. The summed E-state index contributed by atoms with van der Waals surface area (Å²) in [6.07, 6.45) is -2.95. The highest BCUT2D eigenvalue weighted by atomic mass is 19.3. The number of aromatic nitrogens is 2. The fraction of sp³-hybridized carbons (Fsp3) is 0.333. The van der Waals surface area contributed by atoms with Crippen molar-refractivity contribution in [2.75, 3.05) is 16.4 Å². The first-order valence-corrected chi connectivity index (χ1v) is 9.25. The van der Waals surface area contributed by atoms with Gasteiger partial charge in [-0.1, -0.05) is 0 Å². The molecule has 1 radical (unpaired) electrons. The van der Waals surface area contributed by atoms with Gasteiger partial charge in [-0.2, -0.15) is 0 Å². The maximum Gasteiger partial charge on any atom is 0.266 e. The summed E-state index contributed by atoms with van der Waals surface area (Å²) in [5.74, 6) is 0.0208. The van der Waals surface area contributed by atoms with Crippen LogP contribution >= 0.6 is 0 Å². The van der Waals surface area contributed by atoms with Gasteiger partial charge in [0, 0.05) is 34.4 Å². The van der Waals surface area contributed by atoms with Crippen molar-refractivity contribution < 1.29 is 13.2 Å². The Morgan fingerprint density at radius 1 is 1.03 bits per heavy atom. The Bertz CT molecular complexity index is 1040. The molecule has 0 aliphatic rings. The minimum atomic E-state index is -2.95. The van der Waals surface area contributed by atoms with Crippen molar-refractivity contribution in [2.45, 2.75) is 46.2 Å². The molecule has 153 valence electrons. The number of nitrogens with two attached hydrogens (primary N) is 1. The van der Waals surface area contributed by atoms with Crippen LogP contribution in [0.15, 0.2) is 24.3 Å². The second kappa shape index (κ2) is 8.14. The lowest BCUT2D eigenvalue weighted by atomic mass is 10.0. The van der Waals surface area contributed by atoms with E-state index in [0.717, 1.165) is 11.8 Å². The first-order chi connectivity index (χ1) is 13.7. The molecule has 1 atom stereocenters. The lowest BCUT2D eigenvalue weighted by molar-refractivity contribution is 0.146. The van der Waals surface area contributed by atoms with E-state index in [1.165, 1.54) is 6.07 Å². The van der Waals surface area contributed by atoms with E-state index in [-0.39, 0.29) is 17.3 Å². The van der Waals surface area contributed by atoms with Crippen LogP contribution in [0, 0.1) is 18.8 Å². The highest BCUT2D eigenvalue weighted by Crippen LogP contribution is 2.32. The van der Waals surface area contributed by atoms with Crippen molar-refractivity contribution in [3.8, 4) is 0 Å². The van der Waals surface area contributed by atoms with E-state index >= 15 is 0 Å². The van der Waals surface area contributed by atoms with E-state index in [1.807, 2.05) is 19.9 Å². The molecular formula is C21H23F3N5. The number of nitrogens with one attached hydrogen (secondary N) is 2. The third-order valence-electron chi connectivity index (χ3n) is 4.39. The largest absolute Gasteiger partial charge is 0.399 e. The molecule has 0 aliphatic heterocycles. The molecule has 0 aliphatic carbocycles. The van der Waals surface area contributed by atoms with Crippen molar-refractivity contribution in [1.29, 1.82) is 0 Å². The van der Waals surface area contributed by atoms with Gasteiger partial charge in [0.1, 0.15) is 17.5 Å². The molecular weight excluding hydrogens is 379 g/mol. The van der Waals surface area contributed by atoms with E-state index in [9.17, 15) is 13.2 Å². The number of halogens is 3. The standard InChI is InChI=1S/C21H23F3N5/c1-10(2)26-14-5-6-18-16(9-14)21(29-12(4)28-18)27-11(3)15-7-13(25)8-17(19(15)22)20(23)24/h6-11,20,26H,25H2,1-4H3,(H,27,28,29)/t11-/m1/s1. The minimum Gasteiger partial charge on any atom is -0.399 e.